The molecule has 0 spiro atoms. The van der Waals surface area contributed by atoms with Gasteiger partial charge >= 0.3 is 6.09 Å². The number of carbonyl (C=O) groups excluding carboxylic acids is 4. The number of rotatable bonds is 17. The molecule has 30 heavy (non-hydrogen) atoms. The SMILES string of the molecule is COC(=O)NCCC(=O)N(CC(=O)NCCCCCN)CC(=O)NCCCCCN. The standard InChI is InChI=1S/C19H38N6O5/c1-30-19(29)24-13-8-18(28)25(14-16(26)22-11-6-2-4-9-20)15-17(27)23-12-7-3-5-10-21/h2-15,20-21H2,1H3,(H,22,26)(H,23,27)(H,24,29). The smallest absolute Gasteiger partial charge is 0.406 e. The zero-order valence-electron chi connectivity index (χ0n) is 18.0. The predicted octanol–water partition coefficient (Wildman–Crippen LogP) is -0.948. The minimum atomic E-state index is -0.653. The lowest BCUT2D eigenvalue weighted by Gasteiger charge is -2.22. The number of alkyl carbamates (subject to hydrolysis) is 1. The van der Waals surface area contributed by atoms with Crippen LogP contribution >= 0.6 is 0 Å². The van der Waals surface area contributed by atoms with E-state index in [-0.39, 0.29) is 37.9 Å². The van der Waals surface area contributed by atoms with Crippen LogP contribution in [0.5, 0.6) is 0 Å². The lowest BCUT2D eigenvalue weighted by atomic mass is 10.2. The Labute approximate surface area is 178 Å². The molecule has 7 N–H and O–H groups in total. The van der Waals surface area contributed by atoms with Gasteiger partial charge in [0.25, 0.3) is 0 Å². The molecule has 0 aromatic rings. The van der Waals surface area contributed by atoms with Crippen molar-refractivity contribution in [3.8, 4) is 0 Å². The Morgan fingerprint density at radius 3 is 1.67 bits per heavy atom. The summed E-state index contributed by atoms with van der Waals surface area (Å²) in [5.41, 5.74) is 10.9. The van der Waals surface area contributed by atoms with E-state index in [1.54, 1.807) is 0 Å². The van der Waals surface area contributed by atoms with Crippen LogP contribution in [-0.2, 0) is 19.1 Å². The first-order valence-corrected chi connectivity index (χ1v) is 10.5. The molecule has 0 bridgehead atoms. The molecule has 0 unspecified atom stereocenters. The second-order valence-electron chi connectivity index (χ2n) is 6.82. The summed E-state index contributed by atoms with van der Waals surface area (Å²) in [6, 6.07) is 0. The van der Waals surface area contributed by atoms with Crippen molar-refractivity contribution in [3.05, 3.63) is 0 Å². The zero-order chi connectivity index (χ0) is 22.6. The molecule has 0 heterocycles. The summed E-state index contributed by atoms with van der Waals surface area (Å²) < 4.78 is 4.45. The van der Waals surface area contributed by atoms with Crippen molar-refractivity contribution in [1.82, 2.24) is 20.9 Å². The van der Waals surface area contributed by atoms with Gasteiger partial charge in [-0.25, -0.2) is 4.79 Å². The first-order valence-electron chi connectivity index (χ1n) is 10.5. The van der Waals surface area contributed by atoms with E-state index in [1.807, 2.05) is 0 Å². The van der Waals surface area contributed by atoms with Gasteiger partial charge in [-0.15, -0.1) is 0 Å². The van der Waals surface area contributed by atoms with Gasteiger partial charge in [0.2, 0.25) is 17.7 Å². The van der Waals surface area contributed by atoms with Crippen LogP contribution in [0.15, 0.2) is 0 Å². The fourth-order valence-corrected chi connectivity index (χ4v) is 2.54. The van der Waals surface area contributed by atoms with E-state index in [0.29, 0.717) is 26.2 Å². The van der Waals surface area contributed by atoms with E-state index in [0.717, 1.165) is 38.5 Å². The second-order valence-corrected chi connectivity index (χ2v) is 6.82. The highest BCUT2D eigenvalue weighted by molar-refractivity contribution is 5.89. The summed E-state index contributed by atoms with van der Waals surface area (Å²) in [6.45, 7) is 1.77. The second kappa shape index (κ2) is 18.6. The number of hydrogen-bond donors (Lipinski definition) is 5. The molecule has 174 valence electrons. The highest BCUT2D eigenvalue weighted by atomic mass is 16.5. The lowest BCUT2D eigenvalue weighted by molar-refractivity contribution is -0.139. The lowest BCUT2D eigenvalue weighted by Crippen LogP contribution is -2.46. The van der Waals surface area contributed by atoms with Gasteiger partial charge in [-0.1, -0.05) is 12.8 Å². The Morgan fingerprint density at radius 2 is 1.23 bits per heavy atom. The number of methoxy groups -OCH3 is 1. The number of nitrogens with two attached hydrogens (primary N) is 2. The number of carbonyl (C=O) groups is 4. The third-order valence-corrected chi connectivity index (χ3v) is 4.22. The maximum atomic E-state index is 12.5. The van der Waals surface area contributed by atoms with Crippen molar-refractivity contribution in [1.29, 1.82) is 0 Å². The van der Waals surface area contributed by atoms with E-state index < -0.39 is 12.0 Å². The van der Waals surface area contributed by atoms with E-state index in [1.165, 1.54) is 12.0 Å². The van der Waals surface area contributed by atoms with E-state index >= 15 is 0 Å². The average Bonchev–Trinajstić information content (AvgIpc) is 2.72. The van der Waals surface area contributed by atoms with Gasteiger partial charge < -0.3 is 37.1 Å². The van der Waals surface area contributed by atoms with Crippen molar-refractivity contribution in [2.45, 2.75) is 44.9 Å². The summed E-state index contributed by atoms with van der Waals surface area (Å²) in [5, 5.41) is 7.89. The summed E-state index contributed by atoms with van der Waals surface area (Å²) in [5.74, 6) is -1.09. The molecule has 0 fully saturated rings. The maximum Gasteiger partial charge on any atom is 0.406 e. The van der Waals surface area contributed by atoms with Crippen LogP contribution in [0.1, 0.15) is 44.9 Å². The van der Waals surface area contributed by atoms with E-state index in [4.69, 9.17) is 11.5 Å². The molecule has 0 saturated heterocycles. The molecule has 0 aliphatic rings. The van der Waals surface area contributed by atoms with Crippen LogP contribution in [0.2, 0.25) is 0 Å². The zero-order valence-corrected chi connectivity index (χ0v) is 18.0. The van der Waals surface area contributed by atoms with Gasteiger partial charge in [-0.2, -0.15) is 0 Å². The molecular weight excluding hydrogens is 392 g/mol. The Morgan fingerprint density at radius 1 is 0.733 bits per heavy atom. The number of unbranched alkanes of at least 4 members (excludes halogenated alkanes) is 4. The predicted molar refractivity (Wildman–Crippen MR) is 113 cm³/mol. The van der Waals surface area contributed by atoms with Gasteiger partial charge in [0.05, 0.1) is 7.11 Å². The summed E-state index contributed by atoms with van der Waals surface area (Å²) in [7, 11) is 1.22. The van der Waals surface area contributed by atoms with Crippen molar-refractivity contribution in [3.63, 3.8) is 0 Å². The Hall–Kier alpha value is -2.40. The van der Waals surface area contributed by atoms with Gasteiger partial charge in [-0.05, 0) is 38.8 Å². The fraction of sp³-hybridized carbons (Fsp3) is 0.789. The minimum Gasteiger partial charge on any atom is -0.453 e. The van der Waals surface area contributed by atoms with Crippen LogP contribution in [0.4, 0.5) is 4.79 Å². The number of nitrogens with zero attached hydrogens (tertiary/aromatic N) is 1. The average molecular weight is 431 g/mol. The molecule has 0 aromatic carbocycles. The van der Waals surface area contributed by atoms with E-state index in [9.17, 15) is 19.2 Å². The monoisotopic (exact) mass is 430 g/mol. The van der Waals surface area contributed by atoms with Crippen LogP contribution < -0.4 is 27.4 Å². The van der Waals surface area contributed by atoms with Gasteiger partial charge in [0.1, 0.15) is 13.1 Å². The fourth-order valence-electron chi connectivity index (χ4n) is 2.54. The van der Waals surface area contributed by atoms with Crippen molar-refractivity contribution < 1.29 is 23.9 Å². The van der Waals surface area contributed by atoms with Crippen LogP contribution in [0.3, 0.4) is 0 Å². The molecule has 0 aliphatic heterocycles. The van der Waals surface area contributed by atoms with Crippen LogP contribution in [0.25, 0.3) is 0 Å². The van der Waals surface area contributed by atoms with Gasteiger partial charge in [-0.3, -0.25) is 14.4 Å². The van der Waals surface area contributed by atoms with Gasteiger partial charge in [0.15, 0.2) is 0 Å². The Bertz CT molecular complexity index is 490. The maximum absolute atomic E-state index is 12.5. The molecular formula is C19H38N6O5. The molecule has 0 rings (SSSR count). The minimum absolute atomic E-state index is 0.0451. The third-order valence-electron chi connectivity index (χ3n) is 4.22. The summed E-state index contributed by atoms with van der Waals surface area (Å²) in [6.07, 6.45) is 4.48. The number of ether oxygens (including phenoxy) is 1. The van der Waals surface area contributed by atoms with E-state index in [2.05, 4.69) is 20.7 Å². The molecule has 0 aromatic heterocycles. The topological polar surface area (TPSA) is 169 Å². The molecule has 0 radical (unpaired) electrons. The number of nitrogens with one attached hydrogen (secondary N) is 3. The number of amides is 4. The molecule has 11 heteroatoms. The molecule has 0 aliphatic carbocycles. The third kappa shape index (κ3) is 15.5. The van der Waals surface area contributed by atoms with Crippen molar-refractivity contribution in [2.24, 2.45) is 11.5 Å². The molecule has 0 atom stereocenters. The quantitative estimate of drug-likeness (QED) is 0.185. The Kier molecular flexibility index (Phi) is 17.1. The molecule has 11 nitrogen and oxygen atoms in total. The summed E-state index contributed by atoms with van der Waals surface area (Å²) >= 11 is 0. The van der Waals surface area contributed by atoms with Crippen LogP contribution in [-0.4, -0.2) is 81.6 Å². The number of hydrogen-bond acceptors (Lipinski definition) is 7. The van der Waals surface area contributed by atoms with Gasteiger partial charge in [0, 0.05) is 26.1 Å². The first kappa shape index (κ1) is 27.6. The Balaban J connectivity index is 4.55. The first-order chi connectivity index (χ1) is 14.4. The van der Waals surface area contributed by atoms with Crippen molar-refractivity contribution in [2.75, 3.05) is 52.9 Å². The summed E-state index contributed by atoms with van der Waals surface area (Å²) in [4.78, 5) is 49.1. The normalized spacial score (nSPS) is 10.2. The highest BCUT2D eigenvalue weighted by Gasteiger charge is 2.20. The highest BCUT2D eigenvalue weighted by Crippen LogP contribution is 1.97. The van der Waals surface area contributed by atoms with Crippen LogP contribution in [0, 0.1) is 0 Å². The van der Waals surface area contributed by atoms with Crippen molar-refractivity contribution >= 4 is 23.8 Å². The molecule has 4 amide bonds. The molecule has 0 saturated carbocycles. The largest absolute Gasteiger partial charge is 0.453 e.